The Bertz CT molecular complexity index is 1070. The number of H-pyrrole nitrogens is 1. The zero-order chi connectivity index (χ0) is 21.2. The number of nitrogens with one attached hydrogen (secondary N) is 2. The Hall–Kier alpha value is -3.46. The van der Waals surface area contributed by atoms with Crippen LogP contribution < -0.4 is 20.9 Å². The van der Waals surface area contributed by atoms with Gasteiger partial charge in [-0.1, -0.05) is 0 Å². The van der Waals surface area contributed by atoms with Crippen LogP contribution in [0.2, 0.25) is 0 Å². The van der Waals surface area contributed by atoms with Crippen LogP contribution in [0.3, 0.4) is 0 Å². The minimum Gasteiger partial charge on any atom is -0.365 e. The predicted molar refractivity (Wildman–Crippen MR) is 120 cm³/mol. The SMILES string of the molecule is NC(=O)c1cc(-c2ccnc(-c3cnc(N4CCCC4)nc3)c2)[nH]c1N1CCNCC1. The quantitative estimate of drug-likeness (QED) is 0.577. The molecule has 2 saturated heterocycles. The van der Waals surface area contributed by atoms with Crippen molar-refractivity contribution >= 4 is 17.7 Å². The third-order valence-corrected chi connectivity index (χ3v) is 5.89. The van der Waals surface area contributed by atoms with E-state index < -0.39 is 5.91 Å². The number of aromatic amines is 1. The van der Waals surface area contributed by atoms with Crippen LogP contribution in [0, 0.1) is 0 Å². The summed E-state index contributed by atoms with van der Waals surface area (Å²) < 4.78 is 0. The maximum atomic E-state index is 12.1. The average molecular weight is 419 g/mol. The number of rotatable bonds is 5. The third kappa shape index (κ3) is 3.96. The molecular formula is C22H26N8O. The molecule has 0 unspecified atom stereocenters. The number of nitrogens with two attached hydrogens (primary N) is 1. The summed E-state index contributed by atoms with van der Waals surface area (Å²) in [4.78, 5) is 33.4. The number of aromatic nitrogens is 4. The van der Waals surface area contributed by atoms with Gasteiger partial charge in [0.2, 0.25) is 5.95 Å². The lowest BCUT2D eigenvalue weighted by Crippen LogP contribution is -2.44. The van der Waals surface area contributed by atoms with E-state index >= 15 is 0 Å². The molecule has 1 amide bonds. The molecule has 2 aliphatic heterocycles. The summed E-state index contributed by atoms with van der Waals surface area (Å²) in [5, 5.41) is 3.32. The molecule has 0 atom stereocenters. The van der Waals surface area contributed by atoms with Crippen molar-refractivity contribution in [2.75, 3.05) is 49.1 Å². The highest BCUT2D eigenvalue weighted by Gasteiger charge is 2.21. The lowest BCUT2D eigenvalue weighted by atomic mass is 10.1. The highest BCUT2D eigenvalue weighted by molar-refractivity contribution is 5.99. The van der Waals surface area contributed by atoms with Crippen molar-refractivity contribution in [3.05, 3.63) is 42.4 Å². The van der Waals surface area contributed by atoms with Crippen LogP contribution in [0.25, 0.3) is 22.5 Å². The van der Waals surface area contributed by atoms with Crippen molar-refractivity contribution in [2.24, 2.45) is 5.73 Å². The first-order chi connectivity index (χ1) is 15.2. The van der Waals surface area contributed by atoms with E-state index in [9.17, 15) is 4.79 Å². The minimum atomic E-state index is -0.434. The average Bonchev–Trinajstić information content (AvgIpc) is 3.51. The molecule has 2 fully saturated rings. The minimum absolute atomic E-state index is 0.434. The maximum Gasteiger partial charge on any atom is 0.252 e. The fourth-order valence-corrected chi connectivity index (χ4v) is 4.21. The van der Waals surface area contributed by atoms with E-state index in [1.165, 1.54) is 12.8 Å². The van der Waals surface area contributed by atoms with Gasteiger partial charge in [-0.2, -0.15) is 0 Å². The first-order valence-corrected chi connectivity index (χ1v) is 10.7. The van der Waals surface area contributed by atoms with Crippen LogP contribution >= 0.6 is 0 Å². The molecule has 5 rings (SSSR count). The fourth-order valence-electron chi connectivity index (χ4n) is 4.21. The topological polar surface area (TPSA) is 116 Å². The molecule has 0 aliphatic carbocycles. The summed E-state index contributed by atoms with van der Waals surface area (Å²) in [6, 6.07) is 5.72. The molecule has 160 valence electrons. The first-order valence-electron chi connectivity index (χ1n) is 10.7. The number of primary amides is 1. The molecule has 4 N–H and O–H groups in total. The smallest absolute Gasteiger partial charge is 0.252 e. The van der Waals surface area contributed by atoms with Crippen LogP contribution in [0.15, 0.2) is 36.8 Å². The van der Waals surface area contributed by atoms with E-state index in [0.717, 1.165) is 73.5 Å². The van der Waals surface area contributed by atoms with Crippen LogP contribution in [0.5, 0.6) is 0 Å². The molecule has 2 aliphatic rings. The Morgan fingerprint density at radius 3 is 2.39 bits per heavy atom. The van der Waals surface area contributed by atoms with Crippen molar-refractivity contribution in [1.29, 1.82) is 0 Å². The number of amides is 1. The van der Waals surface area contributed by atoms with E-state index in [1.807, 2.05) is 30.6 Å². The summed E-state index contributed by atoms with van der Waals surface area (Å²) in [6.07, 6.45) is 7.78. The first kappa shape index (κ1) is 19.5. The Balaban J connectivity index is 1.44. The van der Waals surface area contributed by atoms with Crippen molar-refractivity contribution in [3.8, 4) is 22.5 Å². The van der Waals surface area contributed by atoms with Gasteiger partial charge in [-0.05, 0) is 31.0 Å². The number of piperazine rings is 1. The number of carbonyl (C=O) groups excluding carboxylic acids is 1. The molecule has 0 spiro atoms. The largest absolute Gasteiger partial charge is 0.365 e. The Morgan fingerprint density at radius 2 is 1.68 bits per heavy atom. The molecular weight excluding hydrogens is 392 g/mol. The van der Waals surface area contributed by atoms with Gasteiger partial charge in [0, 0.05) is 74.7 Å². The van der Waals surface area contributed by atoms with Crippen molar-refractivity contribution in [2.45, 2.75) is 12.8 Å². The lowest BCUT2D eigenvalue weighted by molar-refractivity contribution is 0.100. The van der Waals surface area contributed by atoms with Gasteiger partial charge in [0.15, 0.2) is 0 Å². The van der Waals surface area contributed by atoms with Gasteiger partial charge in [-0.15, -0.1) is 0 Å². The highest BCUT2D eigenvalue weighted by atomic mass is 16.1. The van der Waals surface area contributed by atoms with Crippen LogP contribution in [-0.4, -0.2) is 65.1 Å². The Labute approximate surface area is 180 Å². The van der Waals surface area contributed by atoms with E-state index in [2.05, 4.69) is 35.1 Å². The molecule has 0 aromatic carbocycles. The fraction of sp³-hybridized carbons (Fsp3) is 0.364. The number of carbonyl (C=O) groups is 1. The lowest BCUT2D eigenvalue weighted by Gasteiger charge is -2.28. The van der Waals surface area contributed by atoms with E-state index in [1.54, 1.807) is 6.20 Å². The van der Waals surface area contributed by atoms with Gasteiger partial charge in [0.1, 0.15) is 5.82 Å². The standard InChI is InChI=1S/C22H26N8O/c23-20(31)17-12-19(28-21(17)29-9-5-24-6-10-29)15-3-4-25-18(11-15)16-13-26-22(27-14-16)30-7-1-2-8-30/h3-4,11-14,24,28H,1-2,5-10H2,(H2,23,31). The monoisotopic (exact) mass is 418 g/mol. The van der Waals surface area contributed by atoms with Gasteiger partial charge in [0.25, 0.3) is 5.91 Å². The second-order valence-corrected chi connectivity index (χ2v) is 7.94. The molecule has 9 nitrogen and oxygen atoms in total. The van der Waals surface area contributed by atoms with Crippen LogP contribution in [-0.2, 0) is 0 Å². The van der Waals surface area contributed by atoms with Gasteiger partial charge < -0.3 is 25.8 Å². The van der Waals surface area contributed by atoms with E-state index in [-0.39, 0.29) is 0 Å². The molecule has 0 bridgehead atoms. The van der Waals surface area contributed by atoms with Gasteiger partial charge in [-0.3, -0.25) is 9.78 Å². The van der Waals surface area contributed by atoms with E-state index in [0.29, 0.717) is 5.56 Å². The van der Waals surface area contributed by atoms with E-state index in [4.69, 9.17) is 5.73 Å². The Kier molecular flexibility index (Phi) is 5.25. The summed E-state index contributed by atoms with van der Waals surface area (Å²) >= 11 is 0. The molecule has 5 heterocycles. The Morgan fingerprint density at radius 1 is 0.935 bits per heavy atom. The van der Waals surface area contributed by atoms with Gasteiger partial charge >= 0.3 is 0 Å². The summed E-state index contributed by atoms with van der Waals surface area (Å²) in [5.74, 6) is 1.12. The molecule has 3 aromatic rings. The molecule has 3 aromatic heterocycles. The number of pyridine rings is 1. The molecule has 0 saturated carbocycles. The highest BCUT2D eigenvalue weighted by Crippen LogP contribution is 2.30. The molecule has 31 heavy (non-hydrogen) atoms. The number of hydrogen-bond donors (Lipinski definition) is 3. The van der Waals surface area contributed by atoms with Gasteiger partial charge in [0.05, 0.1) is 11.3 Å². The number of nitrogens with zero attached hydrogens (tertiary/aromatic N) is 5. The summed E-state index contributed by atoms with van der Waals surface area (Å²) in [6.45, 7) is 5.42. The van der Waals surface area contributed by atoms with Crippen molar-refractivity contribution in [1.82, 2.24) is 25.3 Å². The molecule has 0 radical (unpaired) electrons. The second kappa shape index (κ2) is 8.35. The zero-order valence-electron chi connectivity index (χ0n) is 17.3. The normalized spacial score (nSPS) is 16.6. The third-order valence-electron chi connectivity index (χ3n) is 5.89. The molecule has 9 heteroatoms. The summed E-state index contributed by atoms with van der Waals surface area (Å²) in [7, 11) is 0. The van der Waals surface area contributed by atoms with Gasteiger partial charge in [-0.25, -0.2) is 9.97 Å². The maximum absolute atomic E-state index is 12.1. The van der Waals surface area contributed by atoms with Crippen molar-refractivity contribution in [3.63, 3.8) is 0 Å². The van der Waals surface area contributed by atoms with Crippen LogP contribution in [0.1, 0.15) is 23.2 Å². The van der Waals surface area contributed by atoms with Crippen molar-refractivity contribution < 1.29 is 4.79 Å². The number of anilines is 2. The number of hydrogen-bond acceptors (Lipinski definition) is 7. The van der Waals surface area contributed by atoms with Crippen LogP contribution in [0.4, 0.5) is 11.8 Å². The summed E-state index contributed by atoms with van der Waals surface area (Å²) in [5.41, 5.74) is 9.57. The zero-order valence-corrected chi connectivity index (χ0v) is 17.3. The second-order valence-electron chi connectivity index (χ2n) is 7.94. The predicted octanol–water partition coefficient (Wildman–Crippen LogP) is 1.64.